The molecule has 0 spiro atoms. The van der Waals surface area contributed by atoms with E-state index in [9.17, 15) is 36.6 Å². The number of aliphatic carboxylic acids is 1. The van der Waals surface area contributed by atoms with Gasteiger partial charge < -0.3 is 9.67 Å². The van der Waals surface area contributed by atoms with Crippen LogP contribution in [0.15, 0.2) is 41.4 Å². The molecular weight excluding hydrogens is 431 g/mol. The quantitative estimate of drug-likeness (QED) is 0.589. The maximum absolute atomic E-state index is 13.4. The number of hydrogen-bond acceptors (Lipinski definition) is 3. The van der Waals surface area contributed by atoms with Gasteiger partial charge in [-0.05, 0) is 36.8 Å². The molecule has 1 amide bonds. The van der Waals surface area contributed by atoms with Crippen LogP contribution in [0.1, 0.15) is 35.3 Å². The molecule has 0 aliphatic carbocycles. The first-order chi connectivity index (χ1) is 14.0. The molecule has 0 saturated carbocycles. The number of thiazole rings is 1. The Balaban J connectivity index is 2.26. The number of carboxylic acids is 1. The maximum Gasteiger partial charge on any atom is 0.416 e. The molecule has 3 aromatic rings. The Morgan fingerprint density at radius 1 is 1.13 bits per heavy atom. The molecule has 5 nitrogen and oxygen atoms in total. The molecule has 0 fully saturated rings. The van der Waals surface area contributed by atoms with Gasteiger partial charge >= 0.3 is 12.1 Å². The van der Waals surface area contributed by atoms with E-state index in [0.29, 0.717) is 17.4 Å². The monoisotopic (exact) mass is 444 g/mol. The van der Waals surface area contributed by atoms with E-state index in [2.05, 4.69) is 4.99 Å². The van der Waals surface area contributed by atoms with Crippen LogP contribution in [0, 0.1) is 11.6 Å². The van der Waals surface area contributed by atoms with E-state index in [1.807, 2.05) is 0 Å². The minimum absolute atomic E-state index is 0.0537. The van der Waals surface area contributed by atoms with Gasteiger partial charge in [0.05, 0.1) is 15.8 Å². The van der Waals surface area contributed by atoms with Gasteiger partial charge in [-0.1, -0.05) is 18.3 Å². The topological polar surface area (TPSA) is 71.7 Å². The van der Waals surface area contributed by atoms with Crippen LogP contribution in [0.25, 0.3) is 10.2 Å². The van der Waals surface area contributed by atoms with Crippen LogP contribution in [0.2, 0.25) is 0 Å². The van der Waals surface area contributed by atoms with Crippen LogP contribution in [0.3, 0.4) is 0 Å². The van der Waals surface area contributed by atoms with Gasteiger partial charge in [0, 0.05) is 11.6 Å². The first kappa shape index (κ1) is 21.6. The van der Waals surface area contributed by atoms with Gasteiger partial charge in [-0.25, -0.2) is 13.6 Å². The molecule has 0 radical (unpaired) electrons. The van der Waals surface area contributed by atoms with Gasteiger partial charge in [0.2, 0.25) is 0 Å². The lowest BCUT2D eigenvalue weighted by Gasteiger charge is -2.14. The van der Waals surface area contributed by atoms with Gasteiger partial charge in [0.1, 0.15) is 17.7 Å². The Morgan fingerprint density at radius 2 is 1.77 bits per heavy atom. The third kappa shape index (κ3) is 4.25. The molecule has 1 unspecified atom stereocenters. The molecule has 1 atom stereocenters. The summed E-state index contributed by atoms with van der Waals surface area (Å²) < 4.78 is 67.1. The molecule has 30 heavy (non-hydrogen) atoms. The van der Waals surface area contributed by atoms with Crippen molar-refractivity contribution in [3.63, 3.8) is 0 Å². The summed E-state index contributed by atoms with van der Waals surface area (Å²) in [7, 11) is 0. The predicted octanol–water partition coefficient (Wildman–Crippen LogP) is 4.78. The van der Waals surface area contributed by atoms with Crippen molar-refractivity contribution >= 4 is 33.4 Å². The summed E-state index contributed by atoms with van der Waals surface area (Å²) >= 11 is 0.671. The number of amides is 1. The van der Waals surface area contributed by atoms with Crippen molar-refractivity contribution in [2.24, 2.45) is 4.99 Å². The van der Waals surface area contributed by atoms with Gasteiger partial charge in [0.15, 0.2) is 4.80 Å². The molecule has 3 rings (SSSR count). The van der Waals surface area contributed by atoms with Crippen molar-refractivity contribution in [2.75, 3.05) is 0 Å². The van der Waals surface area contributed by atoms with E-state index in [-0.39, 0.29) is 21.4 Å². The van der Waals surface area contributed by atoms with Crippen molar-refractivity contribution < 1.29 is 36.6 Å². The van der Waals surface area contributed by atoms with Gasteiger partial charge in [-0.15, -0.1) is 0 Å². The highest BCUT2D eigenvalue weighted by molar-refractivity contribution is 7.16. The molecule has 1 N–H and O–H groups in total. The van der Waals surface area contributed by atoms with Crippen LogP contribution in [0.4, 0.5) is 22.0 Å². The molecular formula is C19H13F5N2O3S. The number of alkyl halides is 3. The van der Waals surface area contributed by atoms with Crippen molar-refractivity contribution in [3.8, 4) is 0 Å². The number of carbonyl (C=O) groups excluding carboxylic acids is 1. The number of hydrogen-bond donors (Lipinski definition) is 1. The smallest absolute Gasteiger partial charge is 0.416 e. The van der Waals surface area contributed by atoms with E-state index < -0.39 is 46.9 Å². The molecule has 158 valence electrons. The molecule has 1 heterocycles. The van der Waals surface area contributed by atoms with Crippen LogP contribution < -0.4 is 4.80 Å². The average molecular weight is 444 g/mol. The van der Waals surface area contributed by atoms with Crippen molar-refractivity contribution in [1.29, 1.82) is 0 Å². The van der Waals surface area contributed by atoms with E-state index >= 15 is 0 Å². The first-order valence-electron chi connectivity index (χ1n) is 8.51. The molecule has 1 aromatic heterocycles. The fourth-order valence-electron chi connectivity index (χ4n) is 2.90. The van der Waals surface area contributed by atoms with Crippen molar-refractivity contribution in [3.05, 3.63) is 64.0 Å². The largest absolute Gasteiger partial charge is 0.480 e. The minimum atomic E-state index is -4.62. The van der Waals surface area contributed by atoms with Crippen LogP contribution in [-0.2, 0) is 11.0 Å². The number of rotatable bonds is 4. The summed E-state index contributed by atoms with van der Waals surface area (Å²) in [6, 6.07) is 3.58. The highest BCUT2D eigenvalue weighted by atomic mass is 32.1. The minimum Gasteiger partial charge on any atom is -0.480 e. The molecule has 0 bridgehead atoms. The second kappa shape index (κ2) is 7.98. The number of nitrogens with zero attached hydrogens (tertiary/aromatic N) is 2. The number of fused-ring (bicyclic) bond motifs is 1. The third-order valence-corrected chi connectivity index (χ3v) is 5.26. The predicted molar refractivity (Wildman–Crippen MR) is 98.0 cm³/mol. The highest BCUT2D eigenvalue weighted by Gasteiger charge is 2.31. The summed E-state index contributed by atoms with van der Waals surface area (Å²) in [4.78, 5) is 27.7. The summed E-state index contributed by atoms with van der Waals surface area (Å²) in [5.41, 5.74) is -1.23. The lowest BCUT2D eigenvalue weighted by molar-refractivity contribution is -0.141. The Morgan fingerprint density at radius 3 is 2.30 bits per heavy atom. The zero-order valence-electron chi connectivity index (χ0n) is 15.2. The third-order valence-electron chi connectivity index (χ3n) is 4.24. The Labute approximate surface area is 169 Å². The first-order valence-corrected chi connectivity index (χ1v) is 9.33. The summed E-state index contributed by atoms with van der Waals surface area (Å²) in [5.74, 6) is -4.36. The van der Waals surface area contributed by atoms with Gasteiger partial charge in [0.25, 0.3) is 5.91 Å². The summed E-state index contributed by atoms with van der Waals surface area (Å²) in [5, 5.41) is 9.51. The SMILES string of the molecule is CCC(C(=O)O)n1/c(=N/C(=O)c2cc(F)cc(F)c2)sc2cc(C(F)(F)F)ccc21. The van der Waals surface area contributed by atoms with E-state index in [1.165, 1.54) is 0 Å². The van der Waals surface area contributed by atoms with Crippen LogP contribution >= 0.6 is 11.3 Å². The Bertz CT molecular complexity index is 1190. The molecule has 11 heteroatoms. The molecule has 0 saturated heterocycles. The van der Waals surface area contributed by atoms with Crippen molar-refractivity contribution in [2.45, 2.75) is 25.6 Å². The van der Waals surface area contributed by atoms with Crippen molar-refractivity contribution in [1.82, 2.24) is 4.57 Å². The zero-order valence-corrected chi connectivity index (χ0v) is 16.0. The second-order valence-corrected chi connectivity index (χ2v) is 7.28. The summed E-state index contributed by atoms with van der Waals surface area (Å²) in [6.45, 7) is 1.55. The van der Waals surface area contributed by atoms with Gasteiger partial charge in [-0.3, -0.25) is 4.79 Å². The van der Waals surface area contributed by atoms with E-state index in [0.717, 1.165) is 34.9 Å². The zero-order chi connectivity index (χ0) is 22.2. The number of carbonyl (C=O) groups is 2. The second-order valence-electron chi connectivity index (χ2n) is 6.27. The molecule has 0 aliphatic heterocycles. The number of benzene rings is 2. The van der Waals surface area contributed by atoms with Crippen LogP contribution in [-0.4, -0.2) is 21.6 Å². The number of carboxylic acid groups (broad SMARTS) is 1. The van der Waals surface area contributed by atoms with Crippen LogP contribution in [0.5, 0.6) is 0 Å². The number of aromatic nitrogens is 1. The molecule has 2 aromatic carbocycles. The molecule has 0 aliphatic rings. The maximum atomic E-state index is 13.4. The highest BCUT2D eigenvalue weighted by Crippen LogP contribution is 2.33. The van der Waals surface area contributed by atoms with E-state index in [4.69, 9.17) is 0 Å². The lowest BCUT2D eigenvalue weighted by atomic mass is 10.2. The van der Waals surface area contributed by atoms with Gasteiger partial charge in [-0.2, -0.15) is 18.2 Å². The normalized spacial score (nSPS) is 13.6. The lowest BCUT2D eigenvalue weighted by Crippen LogP contribution is -2.27. The average Bonchev–Trinajstić information content (AvgIpc) is 2.97. The fourth-order valence-corrected chi connectivity index (χ4v) is 4.00. The Kier molecular flexibility index (Phi) is 5.75. The Hall–Kier alpha value is -3.08. The summed E-state index contributed by atoms with van der Waals surface area (Å²) in [6.07, 6.45) is -4.57. The fraction of sp³-hybridized carbons (Fsp3) is 0.211. The van der Waals surface area contributed by atoms with E-state index in [1.54, 1.807) is 6.92 Å². The number of halogens is 5. The standard InChI is InChI=1S/C19H13F5N2O3S/c1-2-13(17(28)29)26-14-4-3-10(19(22,23)24)7-15(14)30-18(26)25-16(27)9-5-11(20)8-12(21)6-9/h3-8,13H,2H2,1H3,(H,28,29)/b25-18-.